The van der Waals surface area contributed by atoms with E-state index in [1.54, 1.807) is 11.6 Å². The third kappa shape index (κ3) is 4.52. The lowest BCUT2D eigenvalue weighted by Gasteiger charge is -2.38. The average molecular weight is 444 g/mol. The van der Waals surface area contributed by atoms with Crippen molar-refractivity contribution in [3.8, 4) is 17.1 Å². The molecule has 32 heavy (non-hydrogen) atoms. The molecule has 3 aromatic rings. The van der Waals surface area contributed by atoms with Gasteiger partial charge in [0.15, 0.2) is 5.82 Å². The van der Waals surface area contributed by atoms with Crippen molar-refractivity contribution in [1.82, 2.24) is 14.8 Å². The van der Waals surface area contributed by atoms with Gasteiger partial charge in [0.2, 0.25) is 0 Å². The van der Waals surface area contributed by atoms with Gasteiger partial charge < -0.3 is 9.67 Å². The number of alkyl halides is 3. The molecule has 1 aliphatic rings. The zero-order valence-electron chi connectivity index (χ0n) is 18.2. The third-order valence-electron chi connectivity index (χ3n) is 6.77. The second-order valence-corrected chi connectivity index (χ2v) is 8.79. The van der Waals surface area contributed by atoms with Crippen molar-refractivity contribution < 1.29 is 18.3 Å². The van der Waals surface area contributed by atoms with Crippen LogP contribution in [-0.4, -0.2) is 19.9 Å². The molecule has 7 heteroatoms. The number of aromatic hydroxyl groups is 1. The molecule has 4 nitrogen and oxygen atoms in total. The molecule has 1 saturated carbocycles. The van der Waals surface area contributed by atoms with Crippen molar-refractivity contribution in [1.29, 1.82) is 0 Å². The number of phenolic OH excluding ortho intramolecular Hbond substituents is 1. The topological polar surface area (TPSA) is 50.9 Å². The summed E-state index contributed by atoms with van der Waals surface area (Å²) >= 11 is 0. The molecule has 1 N–H and O–H groups in total. The number of nitrogens with zero attached hydrogens (tertiary/aromatic N) is 3. The van der Waals surface area contributed by atoms with Gasteiger partial charge in [0.05, 0.1) is 5.56 Å². The van der Waals surface area contributed by atoms with Gasteiger partial charge in [0, 0.05) is 19.0 Å². The van der Waals surface area contributed by atoms with Crippen LogP contribution in [0.1, 0.15) is 61.9 Å². The first kappa shape index (κ1) is 22.4. The maximum Gasteiger partial charge on any atom is 0.417 e. The molecule has 1 fully saturated rings. The summed E-state index contributed by atoms with van der Waals surface area (Å²) in [5, 5.41) is 17.8. The number of hydrogen-bond acceptors (Lipinski definition) is 3. The fourth-order valence-corrected chi connectivity index (χ4v) is 5.06. The molecule has 170 valence electrons. The number of hydrogen-bond donors (Lipinski definition) is 1. The van der Waals surface area contributed by atoms with Crippen LogP contribution in [0.5, 0.6) is 5.75 Å². The highest BCUT2D eigenvalue weighted by atomic mass is 19.4. The summed E-state index contributed by atoms with van der Waals surface area (Å²) in [6.45, 7) is 0. The Kier molecular flexibility index (Phi) is 6.26. The number of benzene rings is 2. The minimum Gasteiger partial charge on any atom is -0.508 e. The number of aryl methyl sites for hydroxylation is 1. The van der Waals surface area contributed by atoms with Crippen molar-refractivity contribution in [3.63, 3.8) is 0 Å². The van der Waals surface area contributed by atoms with Crippen LogP contribution < -0.4 is 0 Å². The van der Waals surface area contributed by atoms with Crippen LogP contribution in [0, 0.1) is 0 Å². The van der Waals surface area contributed by atoms with Gasteiger partial charge in [-0.1, -0.05) is 49.6 Å². The van der Waals surface area contributed by atoms with E-state index in [4.69, 9.17) is 0 Å². The van der Waals surface area contributed by atoms with Crippen LogP contribution in [0.25, 0.3) is 11.4 Å². The largest absolute Gasteiger partial charge is 0.508 e. The normalized spacial score (nSPS) is 16.2. The van der Waals surface area contributed by atoms with Crippen LogP contribution in [0.4, 0.5) is 13.2 Å². The summed E-state index contributed by atoms with van der Waals surface area (Å²) in [5.74, 6) is 0.394. The molecular weight excluding hydrogens is 415 g/mol. The van der Waals surface area contributed by atoms with Crippen LogP contribution in [-0.2, 0) is 25.1 Å². The highest BCUT2D eigenvalue weighted by Gasteiger charge is 2.36. The Bertz CT molecular complexity index is 1050. The Morgan fingerprint density at radius 2 is 1.72 bits per heavy atom. The maximum absolute atomic E-state index is 13.5. The Hall–Kier alpha value is -2.83. The second kappa shape index (κ2) is 8.96. The lowest BCUT2D eigenvalue weighted by molar-refractivity contribution is -0.137. The molecule has 0 amide bonds. The van der Waals surface area contributed by atoms with Gasteiger partial charge in [-0.15, -0.1) is 10.2 Å². The Labute approximate surface area is 186 Å². The summed E-state index contributed by atoms with van der Waals surface area (Å²) in [4.78, 5) is 0. The molecule has 1 heterocycles. The number of halogens is 3. The Balaban J connectivity index is 1.53. The second-order valence-electron chi connectivity index (χ2n) is 8.79. The highest BCUT2D eigenvalue weighted by molar-refractivity contribution is 5.63. The van der Waals surface area contributed by atoms with Crippen LogP contribution in [0.2, 0.25) is 0 Å². The number of aromatic nitrogens is 3. The number of phenols is 1. The minimum atomic E-state index is -4.59. The van der Waals surface area contributed by atoms with E-state index in [1.165, 1.54) is 49.8 Å². The highest BCUT2D eigenvalue weighted by Crippen LogP contribution is 2.43. The first-order valence-corrected chi connectivity index (χ1v) is 11.1. The van der Waals surface area contributed by atoms with Gasteiger partial charge in [-0.25, -0.2) is 0 Å². The molecule has 1 aliphatic carbocycles. The molecule has 0 unspecified atom stereocenters. The maximum atomic E-state index is 13.5. The Morgan fingerprint density at radius 1 is 1.00 bits per heavy atom. The first-order chi connectivity index (χ1) is 15.3. The van der Waals surface area contributed by atoms with Gasteiger partial charge in [-0.3, -0.25) is 0 Å². The van der Waals surface area contributed by atoms with E-state index in [0.717, 1.165) is 18.9 Å². The van der Waals surface area contributed by atoms with Gasteiger partial charge >= 0.3 is 6.18 Å². The zero-order chi connectivity index (χ0) is 22.8. The average Bonchev–Trinajstić information content (AvgIpc) is 3.14. The van der Waals surface area contributed by atoms with Crippen molar-refractivity contribution in [2.75, 3.05) is 0 Å². The standard InChI is InChI=1S/C25H28F3N3O/c1-31-22(29-30-23(31)20-13-12-19(32)17-21(20)25(26,27)28)11-8-16-24(14-6-3-7-15-24)18-9-4-2-5-10-18/h2,4-5,9-10,12-13,17,32H,3,6-8,11,14-16H2,1H3. The van der Waals surface area contributed by atoms with Crippen molar-refractivity contribution in [2.24, 2.45) is 7.05 Å². The lowest BCUT2D eigenvalue weighted by Crippen LogP contribution is -2.29. The Morgan fingerprint density at radius 3 is 2.41 bits per heavy atom. The van der Waals surface area contributed by atoms with Gasteiger partial charge in [0.25, 0.3) is 0 Å². The molecule has 0 atom stereocenters. The van der Waals surface area contributed by atoms with Crippen molar-refractivity contribution in [2.45, 2.75) is 63.0 Å². The quantitative estimate of drug-likeness (QED) is 0.478. The van der Waals surface area contributed by atoms with Crippen LogP contribution in [0.15, 0.2) is 48.5 Å². The van der Waals surface area contributed by atoms with Gasteiger partial charge in [0.1, 0.15) is 11.6 Å². The first-order valence-electron chi connectivity index (χ1n) is 11.1. The third-order valence-corrected chi connectivity index (χ3v) is 6.77. The molecule has 0 spiro atoms. The molecular formula is C25H28F3N3O. The van der Waals surface area contributed by atoms with Crippen LogP contribution in [0.3, 0.4) is 0 Å². The fraction of sp³-hybridized carbons (Fsp3) is 0.440. The molecule has 4 rings (SSSR count). The monoisotopic (exact) mass is 443 g/mol. The zero-order valence-corrected chi connectivity index (χ0v) is 18.2. The molecule has 0 radical (unpaired) electrons. The van der Waals surface area contributed by atoms with E-state index in [1.807, 2.05) is 6.07 Å². The smallest absolute Gasteiger partial charge is 0.417 e. The molecule has 0 aliphatic heterocycles. The predicted molar refractivity (Wildman–Crippen MR) is 117 cm³/mol. The summed E-state index contributed by atoms with van der Waals surface area (Å²) < 4.78 is 42.1. The van der Waals surface area contributed by atoms with Gasteiger partial charge in [-0.05, 0) is 54.9 Å². The number of rotatable bonds is 6. The van der Waals surface area contributed by atoms with Crippen LogP contribution >= 0.6 is 0 Å². The van der Waals surface area contributed by atoms with Gasteiger partial charge in [-0.2, -0.15) is 13.2 Å². The van der Waals surface area contributed by atoms with E-state index in [-0.39, 0.29) is 16.8 Å². The SMILES string of the molecule is Cn1c(CCCC2(c3ccccc3)CCCCC2)nnc1-c1ccc(O)cc1C(F)(F)F. The predicted octanol–water partition coefficient (Wildman–Crippen LogP) is 6.43. The van der Waals surface area contributed by atoms with E-state index >= 15 is 0 Å². The lowest BCUT2D eigenvalue weighted by atomic mass is 9.67. The van der Waals surface area contributed by atoms with Crippen molar-refractivity contribution in [3.05, 3.63) is 65.5 Å². The minimum absolute atomic E-state index is 0.0791. The molecule has 0 bridgehead atoms. The van der Waals surface area contributed by atoms with E-state index in [0.29, 0.717) is 12.2 Å². The van der Waals surface area contributed by atoms with E-state index < -0.39 is 17.5 Å². The van der Waals surface area contributed by atoms with E-state index in [2.05, 4.69) is 34.5 Å². The molecule has 1 aromatic heterocycles. The summed E-state index contributed by atoms with van der Waals surface area (Å²) in [6.07, 6.45) is 4.03. The molecule has 2 aromatic carbocycles. The summed E-state index contributed by atoms with van der Waals surface area (Å²) in [7, 11) is 1.70. The molecule has 0 saturated heterocycles. The fourth-order valence-electron chi connectivity index (χ4n) is 5.06. The summed E-state index contributed by atoms with van der Waals surface area (Å²) in [6, 6.07) is 13.9. The van der Waals surface area contributed by atoms with E-state index in [9.17, 15) is 18.3 Å². The van der Waals surface area contributed by atoms with Crippen molar-refractivity contribution >= 4 is 0 Å². The summed E-state index contributed by atoms with van der Waals surface area (Å²) in [5.41, 5.74) is 0.563.